The van der Waals surface area contributed by atoms with Crippen molar-refractivity contribution < 1.29 is 18.0 Å². The van der Waals surface area contributed by atoms with Crippen LogP contribution in [0.1, 0.15) is 36.8 Å². The minimum atomic E-state index is -4.01. The summed E-state index contributed by atoms with van der Waals surface area (Å²) in [5, 5.41) is 4.08. The molecule has 0 saturated heterocycles. The average Bonchev–Trinajstić information content (AvgIpc) is 3.45. The fourth-order valence-electron chi connectivity index (χ4n) is 5.05. The smallest absolute Gasteiger partial charge is 0.244 e. The van der Waals surface area contributed by atoms with Crippen LogP contribution in [0.2, 0.25) is 20.1 Å². The quantitative estimate of drug-likeness (QED) is 0.244. The van der Waals surface area contributed by atoms with Crippen molar-refractivity contribution in [2.45, 2.75) is 50.7 Å². The van der Waals surface area contributed by atoms with Gasteiger partial charge in [-0.15, -0.1) is 0 Å². The van der Waals surface area contributed by atoms with Crippen LogP contribution >= 0.6 is 46.4 Å². The molecule has 224 valence electrons. The molecule has 3 aromatic rings. The minimum Gasteiger partial charge on any atom is -0.352 e. The zero-order valence-electron chi connectivity index (χ0n) is 22.9. The Labute approximate surface area is 266 Å². The van der Waals surface area contributed by atoms with Crippen LogP contribution in [0.5, 0.6) is 0 Å². The summed E-state index contributed by atoms with van der Waals surface area (Å²) in [5.41, 5.74) is 1.31. The molecular formula is C30H31Cl4N3O4S. The van der Waals surface area contributed by atoms with E-state index in [1.165, 1.54) is 23.1 Å². The van der Waals surface area contributed by atoms with Gasteiger partial charge in [-0.3, -0.25) is 13.9 Å². The van der Waals surface area contributed by atoms with Crippen LogP contribution in [-0.2, 0) is 32.6 Å². The van der Waals surface area contributed by atoms with Gasteiger partial charge in [0.15, 0.2) is 0 Å². The van der Waals surface area contributed by atoms with Crippen molar-refractivity contribution in [3.63, 3.8) is 0 Å². The van der Waals surface area contributed by atoms with Crippen LogP contribution < -0.4 is 9.62 Å². The molecule has 7 nitrogen and oxygen atoms in total. The molecule has 1 aliphatic carbocycles. The molecule has 12 heteroatoms. The number of rotatable bonds is 11. The van der Waals surface area contributed by atoms with E-state index in [1.54, 1.807) is 18.2 Å². The maximum absolute atomic E-state index is 14.2. The Hall–Kier alpha value is -2.49. The van der Waals surface area contributed by atoms with E-state index in [0.717, 1.165) is 41.8 Å². The van der Waals surface area contributed by atoms with Gasteiger partial charge in [-0.25, -0.2) is 8.42 Å². The van der Waals surface area contributed by atoms with E-state index in [0.29, 0.717) is 15.6 Å². The molecule has 1 atom stereocenters. The number of hydrogen-bond donors (Lipinski definition) is 1. The molecule has 1 saturated carbocycles. The highest BCUT2D eigenvalue weighted by Crippen LogP contribution is 2.32. The normalized spacial score (nSPS) is 14.4. The predicted octanol–water partition coefficient (Wildman–Crippen LogP) is 6.77. The maximum Gasteiger partial charge on any atom is 0.244 e. The van der Waals surface area contributed by atoms with Crippen LogP contribution in [0.4, 0.5) is 5.69 Å². The topological polar surface area (TPSA) is 86.8 Å². The highest BCUT2D eigenvalue weighted by Gasteiger charge is 2.35. The number of nitrogens with one attached hydrogen (secondary N) is 1. The SMILES string of the molecule is CS(=O)(=O)N(CC(=O)N(Cc1c(Cl)cccc1Cl)C(Cc1ccccc1)C(=O)NC1CCCC1)c1cc(Cl)ccc1Cl. The first-order valence-corrected chi connectivity index (χ1v) is 16.8. The maximum atomic E-state index is 14.2. The molecule has 42 heavy (non-hydrogen) atoms. The number of carbonyl (C=O) groups is 2. The number of sulfonamides is 1. The number of anilines is 1. The van der Waals surface area contributed by atoms with Crippen LogP contribution in [0.25, 0.3) is 0 Å². The molecule has 0 radical (unpaired) electrons. The van der Waals surface area contributed by atoms with Crippen molar-refractivity contribution >= 4 is 73.9 Å². The molecule has 2 amide bonds. The first kappa shape index (κ1) is 32.4. The van der Waals surface area contributed by atoms with Crippen molar-refractivity contribution in [3.05, 3.63) is 97.9 Å². The number of hydrogen-bond acceptors (Lipinski definition) is 4. The van der Waals surface area contributed by atoms with E-state index >= 15 is 0 Å². The summed E-state index contributed by atoms with van der Waals surface area (Å²) in [7, 11) is -4.01. The van der Waals surface area contributed by atoms with Gasteiger partial charge in [-0.1, -0.05) is 95.6 Å². The molecule has 0 heterocycles. The van der Waals surface area contributed by atoms with Gasteiger partial charge in [0.25, 0.3) is 0 Å². The van der Waals surface area contributed by atoms with Gasteiger partial charge >= 0.3 is 0 Å². The fourth-order valence-corrected chi connectivity index (χ4v) is 6.85. The highest BCUT2D eigenvalue weighted by atomic mass is 35.5. The van der Waals surface area contributed by atoms with Crippen molar-refractivity contribution in [2.24, 2.45) is 0 Å². The van der Waals surface area contributed by atoms with Gasteiger partial charge in [-0.05, 0) is 48.7 Å². The van der Waals surface area contributed by atoms with Gasteiger partial charge in [-0.2, -0.15) is 0 Å². The van der Waals surface area contributed by atoms with Gasteiger partial charge in [0.2, 0.25) is 21.8 Å². The molecule has 3 aromatic carbocycles. The highest BCUT2D eigenvalue weighted by molar-refractivity contribution is 7.92. The van der Waals surface area contributed by atoms with E-state index in [1.807, 2.05) is 30.3 Å². The fraction of sp³-hybridized carbons (Fsp3) is 0.333. The molecule has 1 unspecified atom stereocenters. The summed E-state index contributed by atoms with van der Waals surface area (Å²) < 4.78 is 26.8. The number of amides is 2. The predicted molar refractivity (Wildman–Crippen MR) is 170 cm³/mol. The molecule has 0 aliphatic heterocycles. The van der Waals surface area contributed by atoms with E-state index in [9.17, 15) is 18.0 Å². The molecule has 0 spiro atoms. The Morgan fingerprint density at radius 2 is 1.55 bits per heavy atom. The summed E-state index contributed by atoms with van der Waals surface area (Å²) in [4.78, 5) is 29.5. The summed E-state index contributed by atoms with van der Waals surface area (Å²) in [6, 6.07) is 17.6. The lowest BCUT2D eigenvalue weighted by Gasteiger charge is -2.34. The van der Waals surface area contributed by atoms with Crippen molar-refractivity contribution in [1.29, 1.82) is 0 Å². The molecule has 1 aliphatic rings. The third-order valence-electron chi connectivity index (χ3n) is 7.22. The zero-order valence-corrected chi connectivity index (χ0v) is 26.7. The lowest BCUT2D eigenvalue weighted by Crippen LogP contribution is -2.54. The third-order valence-corrected chi connectivity index (χ3v) is 9.61. The Morgan fingerprint density at radius 1 is 0.905 bits per heavy atom. The summed E-state index contributed by atoms with van der Waals surface area (Å²) in [6.45, 7) is -0.767. The Morgan fingerprint density at radius 3 is 2.17 bits per heavy atom. The van der Waals surface area contributed by atoms with Crippen molar-refractivity contribution in [3.8, 4) is 0 Å². The molecule has 1 fully saturated rings. The summed E-state index contributed by atoms with van der Waals surface area (Å²) in [5.74, 6) is -0.982. The lowest BCUT2D eigenvalue weighted by molar-refractivity contribution is -0.140. The molecule has 1 N–H and O–H groups in total. The Bertz CT molecular complexity index is 1510. The van der Waals surface area contributed by atoms with Crippen LogP contribution in [-0.4, -0.2) is 50.0 Å². The number of nitrogens with zero attached hydrogens (tertiary/aromatic N) is 2. The standard InChI is InChI=1S/C30H31Cl4N3O4S/c1-42(40,41)37(27-17-21(31)14-15-26(27)34)19-29(38)36(18-23-24(32)12-7-13-25(23)33)28(16-20-8-3-2-4-9-20)30(39)35-22-10-5-6-11-22/h2-4,7-9,12-15,17,22,28H,5-6,10-11,16,18-19H2,1H3,(H,35,39). The summed E-state index contributed by atoms with van der Waals surface area (Å²) >= 11 is 25.5. The van der Waals surface area contributed by atoms with Gasteiger partial charge < -0.3 is 10.2 Å². The third kappa shape index (κ3) is 8.32. The molecule has 0 aromatic heterocycles. The van der Waals surface area contributed by atoms with Crippen LogP contribution in [0, 0.1) is 0 Å². The van der Waals surface area contributed by atoms with E-state index < -0.39 is 28.5 Å². The first-order chi connectivity index (χ1) is 19.9. The summed E-state index contributed by atoms with van der Waals surface area (Å²) in [6.07, 6.45) is 4.88. The van der Waals surface area contributed by atoms with Gasteiger partial charge in [0, 0.05) is 39.6 Å². The largest absolute Gasteiger partial charge is 0.352 e. The molecular weight excluding hydrogens is 640 g/mol. The number of halogens is 4. The Kier molecular flexibility index (Phi) is 11.1. The lowest BCUT2D eigenvalue weighted by atomic mass is 10.0. The Balaban J connectivity index is 1.78. The van der Waals surface area contributed by atoms with Crippen molar-refractivity contribution in [2.75, 3.05) is 17.1 Å². The number of benzene rings is 3. The van der Waals surface area contributed by atoms with Gasteiger partial charge in [0.1, 0.15) is 12.6 Å². The second-order valence-corrected chi connectivity index (χ2v) is 13.8. The monoisotopic (exact) mass is 669 g/mol. The number of carbonyl (C=O) groups excluding carboxylic acids is 2. The molecule has 0 bridgehead atoms. The van der Waals surface area contributed by atoms with E-state index in [2.05, 4.69) is 5.32 Å². The zero-order chi connectivity index (χ0) is 30.4. The van der Waals surface area contributed by atoms with Gasteiger partial charge in [0.05, 0.1) is 17.0 Å². The molecule has 4 rings (SSSR count). The van der Waals surface area contributed by atoms with E-state index in [4.69, 9.17) is 46.4 Å². The van der Waals surface area contributed by atoms with Crippen LogP contribution in [0.15, 0.2) is 66.7 Å². The second kappa shape index (κ2) is 14.3. The van der Waals surface area contributed by atoms with E-state index in [-0.39, 0.29) is 40.6 Å². The first-order valence-electron chi connectivity index (χ1n) is 13.4. The average molecular weight is 671 g/mol. The van der Waals surface area contributed by atoms with Crippen molar-refractivity contribution in [1.82, 2.24) is 10.2 Å². The van der Waals surface area contributed by atoms with Crippen LogP contribution in [0.3, 0.4) is 0 Å². The second-order valence-electron chi connectivity index (χ2n) is 10.3. The minimum absolute atomic E-state index is 0.00517.